The highest BCUT2D eigenvalue weighted by Gasteiger charge is 2.75. The lowest BCUT2D eigenvalue weighted by Crippen LogP contribution is -2.65. The average Bonchev–Trinajstić information content (AvgIpc) is 2.61. The Bertz CT molecular complexity index is 619. The summed E-state index contributed by atoms with van der Waals surface area (Å²) < 4.78 is 6.26. The number of rotatable bonds is 1. The van der Waals surface area contributed by atoms with Crippen molar-refractivity contribution in [1.29, 1.82) is 0 Å². The summed E-state index contributed by atoms with van der Waals surface area (Å²) in [4.78, 5) is 12.0. The third kappa shape index (κ3) is 1.48. The van der Waals surface area contributed by atoms with E-state index in [9.17, 15) is 15.0 Å². The first kappa shape index (κ1) is 15.6. The number of fused-ring (bicyclic) bond motifs is 2. The number of ether oxygens (including phenoxy) is 1. The van der Waals surface area contributed by atoms with Gasteiger partial charge in [-0.15, -0.1) is 0 Å². The summed E-state index contributed by atoms with van der Waals surface area (Å²) in [6, 6.07) is 0. The van der Waals surface area contributed by atoms with E-state index in [-0.39, 0.29) is 22.3 Å². The number of hydrogen-bond acceptors (Lipinski definition) is 4. The van der Waals surface area contributed by atoms with E-state index in [0.717, 1.165) is 32.1 Å². The fraction of sp³-hybridized carbons (Fsp3) is 0.950. The predicted molar refractivity (Wildman–Crippen MR) is 85.7 cm³/mol. The Morgan fingerprint density at radius 2 is 1.92 bits per heavy atom. The second-order valence-corrected chi connectivity index (χ2v) is 10.3. The standard InChI is InChI=1S/C20H30O4/c1-17-5-4-6-18(2,16(22)23)13(17)8-15(21)20-9-11-12(7-14(17)20)24-19(11,3)10-20/h11-15,21H,4-10H2,1-3H3,(H,22,23)/p-1/t11-,12?,13-,14-,15-,17+,18+,19?,20+/m0/s1. The van der Waals surface area contributed by atoms with Crippen LogP contribution in [0.15, 0.2) is 0 Å². The Kier molecular flexibility index (Phi) is 2.73. The molecule has 1 saturated heterocycles. The van der Waals surface area contributed by atoms with Crippen LogP contribution in [0.4, 0.5) is 0 Å². The van der Waals surface area contributed by atoms with Gasteiger partial charge in [0.25, 0.3) is 0 Å². The van der Waals surface area contributed by atoms with Crippen molar-refractivity contribution in [2.75, 3.05) is 0 Å². The first-order valence-electron chi connectivity index (χ1n) is 9.73. The highest BCUT2D eigenvalue weighted by molar-refractivity contribution is 5.73. The summed E-state index contributed by atoms with van der Waals surface area (Å²) in [6.45, 7) is 6.40. The minimum atomic E-state index is -0.922. The molecule has 5 rings (SSSR count). The van der Waals surface area contributed by atoms with Crippen molar-refractivity contribution in [2.45, 2.75) is 83.5 Å². The Labute approximate surface area is 144 Å². The van der Waals surface area contributed by atoms with Crippen LogP contribution < -0.4 is 5.11 Å². The van der Waals surface area contributed by atoms with Gasteiger partial charge in [0.2, 0.25) is 0 Å². The molecule has 4 aliphatic carbocycles. The molecule has 134 valence electrons. The third-order valence-corrected chi connectivity index (χ3v) is 9.46. The fourth-order valence-electron chi connectivity index (χ4n) is 8.41. The van der Waals surface area contributed by atoms with Crippen LogP contribution in [0.1, 0.15) is 65.7 Å². The molecule has 5 aliphatic rings. The van der Waals surface area contributed by atoms with Crippen molar-refractivity contribution in [3.05, 3.63) is 0 Å². The number of aliphatic hydroxyl groups excluding tert-OH is 1. The summed E-state index contributed by atoms with van der Waals surface area (Å²) in [5.74, 6) is 0.0636. The van der Waals surface area contributed by atoms with Gasteiger partial charge < -0.3 is 19.7 Å². The molecule has 9 atom stereocenters. The number of carboxylic acids is 1. The van der Waals surface area contributed by atoms with Gasteiger partial charge in [0.1, 0.15) is 0 Å². The smallest absolute Gasteiger partial charge is 0.0717 e. The molecule has 2 bridgehead atoms. The first-order chi connectivity index (χ1) is 11.2. The van der Waals surface area contributed by atoms with E-state index in [2.05, 4.69) is 13.8 Å². The molecule has 4 saturated carbocycles. The molecule has 4 heteroatoms. The summed E-state index contributed by atoms with van der Waals surface area (Å²) in [7, 11) is 0. The highest BCUT2D eigenvalue weighted by Crippen LogP contribution is 2.76. The molecule has 0 aromatic carbocycles. The summed E-state index contributed by atoms with van der Waals surface area (Å²) in [5.41, 5.74) is -0.926. The van der Waals surface area contributed by atoms with Gasteiger partial charge in [-0.1, -0.05) is 20.3 Å². The van der Waals surface area contributed by atoms with Crippen LogP contribution in [0.5, 0.6) is 0 Å². The first-order valence-corrected chi connectivity index (χ1v) is 9.73. The molecule has 1 spiro atoms. The number of aliphatic carboxylic acids is 1. The topological polar surface area (TPSA) is 69.6 Å². The van der Waals surface area contributed by atoms with E-state index in [1.54, 1.807) is 0 Å². The maximum Gasteiger partial charge on any atom is 0.0717 e. The maximum absolute atomic E-state index is 12.0. The summed E-state index contributed by atoms with van der Waals surface area (Å²) in [5, 5.41) is 23.2. The van der Waals surface area contributed by atoms with Crippen LogP contribution in [0.3, 0.4) is 0 Å². The van der Waals surface area contributed by atoms with Crippen LogP contribution in [0.2, 0.25) is 0 Å². The lowest BCUT2D eigenvalue weighted by molar-refractivity contribution is -0.330. The predicted octanol–water partition coefficient (Wildman–Crippen LogP) is 1.89. The van der Waals surface area contributed by atoms with Gasteiger partial charge in [-0.3, -0.25) is 0 Å². The lowest BCUT2D eigenvalue weighted by atomic mass is 9.40. The van der Waals surface area contributed by atoms with Crippen LogP contribution in [-0.4, -0.2) is 28.9 Å². The van der Waals surface area contributed by atoms with E-state index in [1.807, 2.05) is 6.92 Å². The van der Waals surface area contributed by atoms with Crippen molar-refractivity contribution >= 4 is 5.97 Å². The SMILES string of the molecule is CC12C[C@]34C[C@H]1C(C[C@H]3[C@]1(C)CCC[C@@](C)(C(=O)[O-])[C@H]1C[C@@H]4O)O2. The minimum absolute atomic E-state index is 0.0107. The van der Waals surface area contributed by atoms with Gasteiger partial charge in [-0.2, -0.15) is 0 Å². The molecule has 4 nitrogen and oxygen atoms in total. The van der Waals surface area contributed by atoms with Crippen molar-refractivity contribution < 1.29 is 19.7 Å². The number of hydrogen-bond donors (Lipinski definition) is 1. The fourth-order valence-corrected chi connectivity index (χ4v) is 8.41. The Morgan fingerprint density at radius 1 is 1.17 bits per heavy atom. The van der Waals surface area contributed by atoms with Gasteiger partial charge in [-0.05, 0) is 62.7 Å². The molecule has 1 aliphatic heterocycles. The average molecular weight is 333 g/mol. The van der Waals surface area contributed by atoms with Crippen molar-refractivity contribution in [3.8, 4) is 0 Å². The molecule has 1 N–H and O–H groups in total. The number of carboxylic acid groups (broad SMARTS) is 1. The van der Waals surface area contributed by atoms with Crippen LogP contribution in [-0.2, 0) is 9.53 Å². The van der Waals surface area contributed by atoms with Crippen molar-refractivity contribution in [2.24, 2.45) is 34.0 Å². The Morgan fingerprint density at radius 3 is 2.62 bits per heavy atom. The second-order valence-electron chi connectivity index (χ2n) is 10.3. The molecule has 0 amide bonds. The van der Waals surface area contributed by atoms with E-state index < -0.39 is 17.5 Å². The van der Waals surface area contributed by atoms with Gasteiger partial charge in [0.05, 0.1) is 17.8 Å². The largest absolute Gasteiger partial charge is 0.550 e. The van der Waals surface area contributed by atoms with Crippen molar-refractivity contribution in [1.82, 2.24) is 0 Å². The number of carbonyl (C=O) groups excluding carboxylic acids is 1. The van der Waals surface area contributed by atoms with Gasteiger partial charge >= 0.3 is 0 Å². The quantitative estimate of drug-likeness (QED) is 0.795. The lowest BCUT2D eigenvalue weighted by Gasteiger charge is -2.66. The molecular formula is C20H29O4-. The molecular weight excluding hydrogens is 304 g/mol. The molecule has 24 heavy (non-hydrogen) atoms. The number of carbonyl (C=O) groups is 1. The highest BCUT2D eigenvalue weighted by atomic mass is 16.5. The zero-order valence-corrected chi connectivity index (χ0v) is 15.0. The molecule has 1 heterocycles. The molecule has 0 aromatic rings. The molecule has 0 aromatic heterocycles. The third-order valence-electron chi connectivity index (χ3n) is 9.46. The Hall–Kier alpha value is -0.610. The van der Waals surface area contributed by atoms with E-state index in [4.69, 9.17) is 4.74 Å². The van der Waals surface area contributed by atoms with E-state index >= 15 is 0 Å². The van der Waals surface area contributed by atoms with E-state index in [0.29, 0.717) is 30.8 Å². The van der Waals surface area contributed by atoms with E-state index in [1.165, 1.54) is 0 Å². The second kappa shape index (κ2) is 4.20. The maximum atomic E-state index is 12.0. The molecule has 2 unspecified atom stereocenters. The monoisotopic (exact) mass is 333 g/mol. The van der Waals surface area contributed by atoms with Crippen LogP contribution in [0, 0.1) is 34.0 Å². The zero-order valence-electron chi connectivity index (χ0n) is 15.0. The Balaban J connectivity index is 1.61. The van der Waals surface area contributed by atoms with Crippen molar-refractivity contribution in [3.63, 3.8) is 0 Å². The summed E-state index contributed by atoms with van der Waals surface area (Å²) >= 11 is 0. The molecule has 0 radical (unpaired) electrons. The molecule has 5 fully saturated rings. The van der Waals surface area contributed by atoms with Crippen LogP contribution in [0.25, 0.3) is 0 Å². The van der Waals surface area contributed by atoms with Gasteiger partial charge in [0.15, 0.2) is 0 Å². The normalized spacial score (nSPS) is 63.9. The van der Waals surface area contributed by atoms with Crippen LogP contribution >= 0.6 is 0 Å². The minimum Gasteiger partial charge on any atom is -0.550 e. The van der Waals surface area contributed by atoms with Gasteiger partial charge in [-0.25, -0.2) is 0 Å². The summed E-state index contributed by atoms with van der Waals surface area (Å²) in [6.07, 6.45) is 6.29. The van der Waals surface area contributed by atoms with Gasteiger partial charge in [0, 0.05) is 22.7 Å². The number of aliphatic hydroxyl groups is 1. The zero-order chi connectivity index (χ0) is 17.1.